The molecule has 1 N–H and O–H groups in total. The predicted molar refractivity (Wildman–Crippen MR) is 83.7 cm³/mol. The Balaban J connectivity index is 1.92. The number of hydrogen-bond donors (Lipinski definition) is 1. The number of hydrogen-bond acceptors (Lipinski definition) is 6. The Kier molecular flexibility index (Phi) is 3.53. The van der Waals surface area contributed by atoms with E-state index >= 15 is 0 Å². The average Bonchev–Trinajstić information content (AvgIpc) is 2.96. The lowest BCUT2D eigenvalue weighted by molar-refractivity contribution is -0.384. The van der Waals surface area contributed by atoms with Gasteiger partial charge >= 0.3 is 0 Å². The van der Waals surface area contributed by atoms with Gasteiger partial charge in [-0.1, -0.05) is 23.9 Å². The molecule has 0 bridgehead atoms. The second-order valence-corrected chi connectivity index (χ2v) is 6.81. The van der Waals surface area contributed by atoms with Gasteiger partial charge < -0.3 is 4.98 Å². The van der Waals surface area contributed by atoms with E-state index in [0.29, 0.717) is 5.65 Å². The molecule has 0 aliphatic heterocycles. The molecule has 0 fully saturated rings. The molecule has 0 unspecified atom stereocenters. The van der Waals surface area contributed by atoms with Crippen LogP contribution in [-0.4, -0.2) is 24.9 Å². The van der Waals surface area contributed by atoms with E-state index in [9.17, 15) is 10.1 Å². The quantitative estimate of drug-likeness (QED) is 0.343. The van der Waals surface area contributed by atoms with Crippen LogP contribution in [0.4, 0.5) is 5.69 Å². The molecule has 0 radical (unpaired) electrons. The van der Waals surface area contributed by atoms with Gasteiger partial charge in [0.1, 0.15) is 16.9 Å². The summed E-state index contributed by atoms with van der Waals surface area (Å²) in [5.41, 5.74) is 2.48. The monoisotopic (exact) mass is 315 g/mol. The maximum absolute atomic E-state index is 10.7. The molecule has 0 aliphatic carbocycles. The molecular formula is C14H13N5O2S. The van der Waals surface area contributed by atoms with Crippen molar-refractivity contribution in [1.29, 1.82) is 0 Å². The zero-order valence-electron chi connectivity index (χ0n) is 12.0. The first-order valence-corrected chi connectivity index (χ1v) is 7.37. The predicted octanol–water partition coefficient (Wildman–Crippen LogP) is 3.29. The highest BCUT2D eigenvalue weighted by molar-refractivity contribution is 8.00. The third-order valence-electron chi connectivity index (χ3n) is 3.31. The summed E-state index contributed by atoms with van der Waals surface area (Å²) < 4.78 is -0.310. The molecule has 1 aromatic carbocycles. The van der Waals surface area contributed by atoms with Crippen LogP contribution in [-0.2, 0) is 4.75 Å². The number of rotatable bonds is 4. The Morgan fingerprint density at radius 2 is 1.91 bits per heavy atom. The third kappa shape index (κ3) is 2.64. The zero-order chi connectivity index (χ0) is 15.7. The number of aromatic nitrogens is 4. The van der Waals surface area contributed by atoms with Gasteiger partial charge in [-0.2, -0.15) is 0 Å². The fourth-order valence-corrected chi connectivity index (χ4v) is 3.19. The summed E-state index contributed by atoms with van der Waals surface area (Å²) in [5, 5.41) is 11.5. The average molecular weight is 315 g/mol. The van der Waals surface area contributed by atoms with Gasteiger partial charge in [0.2, 0.25) is 0 Å². The highest BCUT2D eigenvalue weighted by Crippen LogP contribution is 2.41. The fourth-order valence-electron chi connectivity index (χ4n) is 2.10. The van der Waals surface area contributed by atoms with Crippen LogP contribution < -0.4 is 0 Å². The normalized spacial score (nSPS) is 11.7. The van der Waals surface area contributed by atoms with Crippen molar-refractivity contribution in [1.82, 2.24) is 19.9 Å². The van der Waals surface area contributed by atoms with E-state index in [1.54, 1.807) is 30.2 Å². The molecular weight excluding hydrogens is 302 g/mol. The van der Waals surface area contributed by atoms with Gasteiger partial charge in [0.25, 0.3) is 5.69 Å². The van der Waals surface area contributed by atoms with E-state index in [2.05, 4.69) is 19.9 Å². The molecule has 0 spiro atoms. The van der Waals surface area contributed by atoms with Crippen LogP contribution in [0.5, 0.6) is 0 Å². The highest BCUT2D eigenvalue weighted by atomic mass is 32.2. The van der Waals surface area contributed by atoms with Crippen molar-refractivity contribution in [3.8, 4) is 0 Å². The van der Waals surface area contributed by atoms with Gasteiger partial charge in [-0.05, 0) is 19.4 Å². The van der Waals surface area contributed by atoms with Crippen molar-refractivity contribution < 1.29 is 4.92 Å². The molecule has 0 saturated heterocycles. The van der Waals surface area contributed by atoms with Gasteiger partial charge in [0.15, 0.2) is 5.65 Å². The first-order valence-electron chi connectivity index (χ1n) is 6.55. The van der Waals surface area contributed by atoms with Crippen molar-refractivity contribution in [3.05, 3.63) is 52.6 Å². The number of nitrogens with zero attached hydrogens (tertiary/aromatic N) is 4. The highest BCUT2D eigenvalue weighted by Gasteiger charge is 2.25. The summed E-state index contributed by atoms with van der Waals surface area (Å²) in [6, 6.07) is 6.58. The van der Waals surface area contributed by atoms with Gasteiger partial charge in [0.05, 0.1) is 11.3 Å². The van der Waals surface area contributed by atoms with Crippen molar-refractivity contribution in [2.24, 2.45) is 0 Å². The smallest absolute Gasteiger partial charge is 0.269 e. The number of nitrogens with one attached hydrogen (secondary N) is 1. The SMILES string of the molecule is CC(C)(Sc1ncnc2[nH]cnc12)c1ccc([N+](=O)[O-])cc1. The van der Waals surface area contributed by atoms with Crippen LogP contribution >= 0.6 is 11.8 Å². The summed E-state index contributed by atoms with van der Waals surface area (Å²) in [5.74, 6) is 0. The summed E-state index contributed by atoms with van der Waals surface area (Å²) in [6.07, 6.45) is 3.08. The largest absolute Gasteiger partial charge is 0.329 e. The molecule has 0 aliphatic rings. The molecule has 0 saturated carbocycles. The van der Waals surface area contributed by atoms with E-state index in [4.69, 9.17) is 0 Å². The third-order valence-corrected chi connectivity index (χ3v) is 4.55. The number of fused-ring (bicyclic) bond motifs is 1. The van der Waals surface area contributed by atoms with E-state index < -0.39 is 4.92 Å². The first-order chi connectivity index (χ1) is 10.5. The Morgan fingerprint density at radius 3 is 2.59 bits per heavy atom. The lowest BCUT2D eigenvalue weighted by Crippen LogP contribution is -2.12. The lowest BCUT2D eigenvalue weighted by atomic mass is 10.0. The molecule has 3 aromatic rings. The number of aromatic amines is 1. The molecule has 8 heteroatoms. The Bertz CT molecular complexity index is 829. The Labute approximate surface area is 130 Å². The molecule has 0 amide bonds. The topological polar surface area (TPSA) is 97.6 Å². The number of H-pyrrole nitrogens is 1. The van der Waals surface area contributed by atoms with E-state index in [1.807, 2.05) is 13.8 Å². The molecule has 3 rings (SSSR count). The number of imidazole rings is 1. The Hall–Kier alpha value is -2.48. The van der Waals surface area contributed by atoms with Crippen LogP contribution in [0.15, 0.2) is 41.9 Å². The van der Waals surface area contributed by atoms with E-state index in [1.165, 1.54) is 18.5 Å². The molecule has 2 aromatic heterocycles. The first kappa shape index (κ1) is 14.5. The summed E-state index contributed by atoms with van der Waals surface area (Å²) in [7, 11) is 0. The summed E-state index contributed by atoms with van der Waals surface area (Å²) in [4.78, 5) is 26.0. The van der Waals surface area contributed by atoms with Crippen LogP contribution in [0, 0.1) is 10.1 Å². The van der Waals surface area contributed by atoms with Gasteiger partial charge in [-0.15, -0.1) is 0 Å². The molecule has 0 atom stereocenters. The van der Waals surface area contributed by atoms with Gasteiger partial charge in [0, 0.05) is 16.9 Å². The molecule has 7 nitrogen and oxygen atoms in total. The zero-order valence-corrected chi connectivity index (χ0v) is 12.8. The second kappa shape index (κ2) is 5.38. The number of benzene rings is 1. The number of nitro groups is 1. The standard InChI is InChI=1S/C14H13N5O2S/c1-14(2,9-3-5-10(6-4-9)19(20)21)22-13-11-12(16-7-15-11)17-8-18-13/h3-8H,1-2H3,(H,15,16,17,18). The summed E-state index contributed by atoms with van der Waals surface area (Å²) >= 11 is 1.54. The van der Waals surface area contributed by atoms with E-state index in [-0.39, 0.29) is 10.4 Å². The number of nitro benzene ring substituents is 1. The van der Waals surface area contributed by atoms with Crippen LogP contribution in [0.1, 0.15) is 19.4 Å². The fraction of sp³-hybridized carbons (Fsp3) is 0.214. The minimum atomic E-state index is -0.401. The molecule has 2 heterocycles. The lowest BCUT2D eigenvalue weighted by Gasteiger charge is -2.24. The molecule has 22 heavy (non-hydrogen) atoms. The molecule has 112 valence electrons. The maximum Gasteiger partial charge on any atom is 0.269 e. The summed E-state index contributed by atoms with van der Waals surface area (Å²) in [6.45, 7) is 4.08. The maximum atomic E-state index is 10.7. The van der Waals surface area contributed by atoms with Crippen LogP contribution in [0.2, 0.25) is 0 Å². The van der Waals surface area contributed by atoms with Crippen molar-refractivity contribution in [2.45, 2.75) is 23.6 Å². The van der Waals surface area contributed by atoms with Crippen molar-refractivity contribution in [3.63, 3.8) is 0 Å². The second-order valence-electron chi connectivity index (χ2n) is 5.19. The van der Waals surface area contributed by atoms with E-state index in [0.717, 1.165) is 16.1 Å². The van der Waals surface area contributed by atoms with Gasteiger partial charge in [-0.25, -0.2) is 15.0 Å². The van der Waals surface area contributed by atoms with Crippen molar-refractivity contribution >= 4 is 28.6 Å². The van der Waals surface area contributed by atoms with Crippen LogP contribution in [0.25, 0.3) is 11.2 Å². The Morgan fingerprint density at radius 1 is 1.18 bits per heavy atom. The van der Waals surface area contributed by atoms with Crippen molar-refractivity contribution in [2.75, 3.05) is 0 Å². The van der Waals surface area contributed by atoms with Crippen LogP contribution in [0.3, 0.4) is 0 Å². The minimum Gasteiger partial charge on any atom is -0.329 e. The number of non-ortho nitro benzene ring substituents is 1. The number of thioether (sulfide) groups is 1. The van der Waals surface area contributed by atoms with Gasteiger partial charge in [-0.3, -0.25) is 10.1 Å². The minimum absolute atomic E-state index is 0.0845.